The zero-order valence-corrected chi connectivity index (χ0v) is 17.0. The summed E-state index contributed by atoms with van der Waals surface area (Å²) in [6, 6.07) is 10.8. The number of urea groups is 1. The molecule has 4 N–H and O–H groups in total. The van der Waals surface area contributed by atoms with Crippen molar-refractivity contribution in [1.29, 1.82) is 0 Å². The number of carbonyl (C=O) groups excluding carboxylic acids is 2. The maximum atomic E-state index is 13.0. The first-order valence-electron chi connectivity index (χ1n) is 8.70. The van der Waals surface area contributed by atoms with E-state index in [1.807, 2.05) is 12.1 Å². The van der Waals surface area contributed by atoms with Crippen LogP contribution in [0.25, 0.3) is 0 Å². The Morgan fingerprint density at radius 3 is 2.64 bits per heavy atom. The molecule has 0 saturated heterocycles. The fourth-order valence-electron chi connectivity index (χ4n) is 2.96. The van der Waals surface area contributed by atoms with Gasteiger partial charge >= 0.3 is 6.03 Å². The fourth-order valence-corrected chi connectivity index (χ4v) is 3.22. The van der Waals surface area contributed by atoms with Gasteiger partial charge in [0.2, 0.25) is 0 Å². The van der Waals surface area contributed by atoms with Crippen molar-refractivity contribution in [2.45, 2.75) is 19.9 Å². The molecular weight excluding hydrogens is 426 g/mol. The van der Waals surface area contributed by atoms with Crippen LogP contribution in [0.1, 0.15) is 25.5 Å². The van der Waals surface area contributed by atoms with Gasteiger partial charge < -0.3 is 25.8 Å². The first-order chi connectivity index (χ1) is 13.4. The lowest BCUT2D eigenvalue weighted by molar-refractivity contribution is -0.113. The maximum Gasteiger partial charge on any atom is 0.319 e. The van der Waals surface area contributed by atoms with E-state index in [1.54, 1.807) is 38.1 Å². The van der Waals surface area contributed by atoms with Gasteiger partial charge in [0.15, 0.2) is 11.5 Å². The predicted molar refractivity (Wildman–Crippen MR) is 109 cm³/mol. The second-order valence-electron chi connectivity index (χ2n) is 6.19. The van der Waals surface area contributed by atoms with Gasteiger partial charge in [-0.2, -0.15) is 0 Å². The number of ether oxygens (including phenoxy) is 1. The van der Waals surface area contributed by atoms with Crippen molar-refractivity contribution in [3.63, 3.8) is 0 Å². The zero-order valence-electron chi connectivity index (χ0n) is 15.4. The third-order valence-corrected chi connectivity index (χ3v) is 4.76. The molecule has 0 aliphatic carbocycles. The molecule has 8 heteroatoms. The van der Waals surface area contributed by atoms with Gasteiger partial charge in [0.1, 0.15) is 0 Å². The Morgan fingerprint density at radius 2 is 1.96 bits per heavy atom. The number of rotatable bonds is 5. The second-order valence-corrected chi connectivity index (χ2v) is 7.11. The highest BCUT2D eigenvalue weighted by Gasteiger charge is 2.31. The minimum absolute atomic E-state index is 0.00701. The molecule has 1 atom stereocenters. The highest BCUT2D eigenvalue weighted by molar-refractivity contribution is 9.10. The van der Waals surface area contributed by atoms with Gasteiger partial charge in [-0.1, -0.05) is 22.0 Å². The van der Waals surface area contributed by atoms with Gasteiger partial charge in [0.05, 0.1) is 18.2 Å². The molecule has 1 aliphatic rings. The summed E-state index contributed by atoms with van der Waals surface area (Å²) in [6.07, 6.45) is 0. The van der Waals surface area contributed by atoms with Crippen LogP contribution < -0.4 is 20.7 Å². The van der Waals surface area contributed by atoms with Crippen LogP contribution in [0.3, 0.4) is 0 Å². The summed E-state index contributed by atoms with van der Waals surface area (Å²) in [5.74, 6) is -0.0612. The Morgan fingerprint density at radius 1 is 1.25 bits per heavy atom. The standard InChI is InChI=1S/C20H20BrN3O4/c1-3-28-16-10-12(4-9-15(16)25)18-17(11(2)22-20(27)24-18)19(26)23-14-7-5-13(21)6-8-14/h4-10,18,25H,3H2,1-2H3,(H,23,26)(H2,22,24,27)/t18-/m0/s1. The summed E-state index contributed by atoms with van der Waals surface area (Å²) in [7, 11) is 0. The normalized spacial score (nSPS) is 16.2. The summed E-state index contributed by atoms with van der Waals surface area (Å²) < 4.78 is 6.33. The molecule has 0 bridgehead atoms. The summed E-state index contributed by atoms with van der Waals surface area (Å²) in [5.41, 5.74) is 2.08. The Kier molecular flexibility index (Phi) is 5.89. The molecular formula is C20H20BrN3O4. The van der Waals surface area contributed by atoms with Gasteiger partial charge in [-0.25, -0.2) is 4.79 Å². The molecule has 2 aromatic rings. The van der Waals surface area contributed by atoms with Crippen LogP contribution in [0.4, 0.5) is 10.5 Å². The molecule has 0 aromatic heterocycles. The van der Waals surface area contributed by atoms with Gasteiger partial charge in [-0.3, -0.25) is 4.79 Å². The summed E-state index contributed by atoms with van der Waals surface area (Å²) in [5, 5.41) is 18.2. The molecule has 146 valence electrons. The van der Waals surface area contributed by atoms with E-state index < -0.39 is 12.1 Å². The summed E-state index contributed by atoms with van der Waals surface area (Å²) in [4.78, 5) is 25.0. The van der Waals surface area contributed by atoms with Gasteiger partial charge in [0, 0.05) is 15.9 Å². The SMILES string of the molecule is CCOc1cc([C@@H]2NC(=O)NC(C)=C2C(=O)Nc2ccc(Br)cc2)ccc1O. The van der Waals surface area contributed by atoms with E-state index in [9.17, 15) is 14.7 Å². The van der Waals surface area contributed by atoms with Crippen LogP contribution in [-0.4, -0.2) is 23.7 Å². The molecule has 0 fully saturated rings. The van der Waals surface area contributed by atoms with Crippen LogP contribution in [0, 0.1) is 0 Å². The number of allylic oxidation sites excluding steroid dienone is 1. The van der Waals surface area contributed by atoms with Crippen molar-refractivity contribution in [3.05, 3.63) is 63.8 Å². The molecule has 3 amide bonds. The Balaban J connectivity index is 1.95. The number of amides is 3. The highest BCUT2D eigenvalue weighted by atomic mass is 79.9. The second kappa shape index (κ2) is 8.35. The van der Waals surface area contributed by atoms with E-state index >= 15 is 0 Å². The average Bonchev–Trinajstić information content (AvgIpc) is 2.65. The first kappa shape index (κ1) is 19.8. The number of phenolic OH excluding ortho intramolecular Hbond substituents is 1. The number of aromatic hydroxyl groups is 1. The molecule has 1 heterocycles. The van der Waals surface area contributed by atoms with Crippen molar-refractivity contribution in [3.8, 4) is 11.5 Å². The van der Waals surface area contributed by atoms with Gasteiger partial charge in [-0.05, 0) is 55.8 Å². The van der Waals surface area contributed by atoms with E-state index in [2.05, 4.69) is 31.9 Å². The molecule has 0 saturated carbocycles. The fraction of sp³-hybridized carbons (Fsp3) is 0.200. The average molecular weight is 446 g/mol. The van der Waals surface area contributed by atoms with E-state index in [0.717, 1.165) is 4.47 Å². The number of hydrogen-bond acceptors (Lipinski definition) is 4. The number of halogens is 1. The molecule has 0 spiro atoms. The monoisotopic (exact) mass is 445 g/mol. The molecule has 7 nitrogen and oxygen atoms in total. The lowest BCUT2D eigenvalue weighted by atomic mass is 9.94. The van der Waals surface area contributed by atoms with Crippen molar-refractivity contribution in [2.24, 2.45) is 0 Å². The Labute approximate surface area is 170 Å². The van der Waals surface area contributed by atoms with E-state index in [-0.39, 0.29) is 17.4 Å². The summed E-state index contributed by atoms with van der Waals surface area (Å²) in [6.45, 7) is 3.85. The Hall–Kier alpha value is -3.00. The van der Waals surface area contributed by atoms with Crippen molar-refractivity contribution >= 4 is 33.6 Å². The predicted octanol–water partition coefficient (Wildman–Crippen LogP) is 3.82. The molecule has 28 heavy (non-hydrogen) atoms. The molecule has 0 radical (unpaired) electrons. The minimum atomic E-state index is -0.691. The van der Waals surface area contributed by atoms with E-state index in [0.29, 0.717) is 29.1 Å². The van der Waals surface area contributed by atoms with Crippen LogP contribution in [0.2, 0.25) is 0 Å². The number of nitrogens with one attached hydrogen (secondary N) is 3. The highest BCUT2D eigenvalue weighted by Crippen LogP contribution is 2.34. The number of hydrogen-bond donors (Lipinski definition) is 4. The molecule has 3 rings (SSSR count). The quantitative estimate of drug-likeness (QED) is 0.561. The molecule has 1 aliphatic heterocycles. The van der Waals surface area contributed by atoms with Gasteiger partial charge in [-0.15, -0.1) is 0 Å². The lowest BCUT2D eigenvalue weighted by Gasteiger charge is -2.29. The number of benzene rings is 2. The smallest absolute Gasteiger partial charge is 0.319 e. The first-order valence-corrected chi connectivity index (χ1v) is 9.49. The number of anilines is 1. The Bertz CT molecular complexity index is 941. The van der Waals surface area contributed by atoms with E-state index in [1.165, 1.54) is 6.07 Å². The van der Waals surface area contributed by atoms with Crippen LogP contribution >= 0.6 is 15.9 Å². The van der Waals surface area contributed by atoms with Crippen LogP contribution in [0.5, 0.6) is 11.5 Å². The lowest BCUT2D eigenvalue weighted by Crippen LogP contribution is -2.45. The van der Waals surface area contributed by atoms with Crippen molar-refractivity contribution < 1.29 is 19.4 Å². The minimum Gasteiger partial charge on any atom is -0.504 e. The van der Waals surface area contributed by atoms with Gasteiger partial charge in [0.25, 0.3) is 5.91 Å². The van der Waals surface area contributed by atoms with E-state index in [4.69, 9.17) is 4.74 Å². The number of phenols is 1. The van der Waals surface area contributed by atoms with Crippen molar-refractivity contribution in [1.82, 2.24) is 10.6 Å². The van der Waals surface area contributed by atoms with Crippen LogP contribution in [-0.2, 0) is 4.79 Å². The zero-order chi connectivity index (χ0) is 20.3. The molecule has 0 unspecified atom stereocenters. The van der Waals surface area contributed by atoms with Crippen molar-refractivity contribution in [2.75, 3.05) is 11.9 Å². The maximum absolute atomic E-state index is 13.0. The van der Waals surface area contributed by atoms with Crippen LogP contribution in [0.15, 0.2) is 58.2 Å². The third-order valence-electron chi connectivity index (χ3n) is 4.23. The largest absolute Gasteiger partial charge is 0.504 e. The topological polar surface area (TPSA) is 99.7 Å². The molecule has 2 aromatic carbocycles. The third kappa shape index (κ3) is 4.28. The summed E-state index contributed by atoms with van der Waals surface area (Å²) >= 11 is 3.36. The number of carbonyl (C=O) groups is 2.